The third kappa shape index (κ3) is 4.85. The van der Waals surface area contributed by atoms with E-state index in [9.17, 15) is 18.4 Å². The Morgan fingerprint density at radius 2 is 1.53 bits per heavy atom. The Kier molecular flexibility index (Phi) is 7.13. The molecule has 2 heterocycles. The largest absolute Gasteiger partial charge is 0.331 e. The van der Waals surface area contributed by atoms with Crippen molar-refractivity contribution in [3.8, 4) is 21.8 Å². The van der Waals surface area contributed by atoms with E-state index >= 15 is 0 Å². The first-order valence-electron chi connectivity index (χ1n) is 11.9. The normalized spacial score (nSPS) is 12.0. The van der Waals surface area contributed by atoms with Gasteiger partial charge in [-0.05, 0) is 24.6 Å². The summed E-state index contributed by atoms with van der Waals surface area (Å²) in [6, 6.07) is 21.5. The van der Waals surface area contributed by atoms with Crippen LogP contribution in [0.3, 0.4) is 0 Å². The van der Waals surface area contributed by atoms with Gasteiger partial charge in [0.05, 0.1) is 24.3 Å². The molecule has 6 nitrogen and oxygen atoms in total. The molecule has 0 unspecified atom stereocenters. The monoisotopic (exact) mass is 530 g/mol. The van der Waals surface area contributed by atoms with Gasteiger partial charge in [-0.2, -0.15) is 0 Å². The van der Waals surface area contributed by atoms with E-state index in [1.54, 1.807) is 12.3 Å². The van der Waals surface area contributed by atoms with E-state index in [0.29, 0.717) is 10.7 Å². The van der Waals surface area contributed by atoms with Crippen molar-refractivity contribution in [2.45, 2.75) is 26.1 Å². The van der Waals surface area contributed by atoms with Gasteiger partial charge in [-0.15, -0.1) is 11.3 Å². The maximum absolute atomic E-state index is 14.6. The van der Waals surface area contributed by atoms with E-state index in [2.05, 4.69) is 4.98 Å². The minimum atomic E-state index is -0.781. The smallest absolute Gasteiger partial charge is 0.322 e. The number of nitrogens with two attached hydrogens (primary N) is 1. The number of halogens is 2. The highest BCUT2D eigenvalue weighted by atomic mass is 32.1. The predicted molar refractivity (Wildman–Crippen MR) is 145 cm³/mol. The number of hydrogen-bond donors (Lipinski definition) is 1. The predicted octanol–water partition coefficient (Wildman–Crippen LogP) is 5.14. The van der Waals surface area contributed by atoms with Gasteiger partial charge >= 0.3 is 5.69 Å². The van der Waals surface area contributed by atoms with Gasteiger partial charge in [0, 0.05) is 28.2 Å². The van der Waals surface area contributed by atoms with Crippen molar-refractivity contribution in [2.24, 2.45) is 5.73 Å². The SMILES string of the molecule is Cc1c(-c2csc(-c3ccccc3)n2)c(=O)n(C[C@H](N)c2ccccc2)c(=O)n1Cc1c(F)cccc1F. The summed E-state index contributed by atoms with van der Waals surface area (Å²) >= 11 is 1.36. The summed E-state index contributed by atoms with van der Waals surface area (Å²) in [5.74, 6) is -1.56. The summed E-state index contributed by atoms with van der Waals surface area (Å²) < 4.78 is 31.4. The van der Waals surface area contributed by atoms with E-state index in [0.717, 1.165) is 27.8 Å². The van der Waals surface area contributed by atoms with Crippen molar-refractivity contribution in [3.63, 3.8) is 0 Å². The zero-order chi connectivity index (χ0) is 26.8. The van der Waals surface area contributed by atoms with Crippen LogP contribution in [-0.4, -0.2) is 14.1 Å². The molecule has 5 aromatic rings. The van der Waals surface area contributed by atoms with Crippen molar-refractivity contribution in [1.82, 2.24) is 14.1 Å². The maximum Gasteiger partial charge on any atom is 0.331 e. The Labute approximate surface area is 221 Å². The van der Waals surface area contributed by atoms with Gasteiger partial charge in [0.2, 0.25) is 0 Å². The number of thiazole rings is 1. The van der Waals surface area contributed by atoms with Crippen LogP contribution in [0, 0.1) is 18.6 Å². The number of nitrogens with zero attached hydrogens (tertiary/aromatic N) is 3. The number of rotatable bonds is 7. The lowest BCUT2D eigenvalue weighted by molar-refractivity contribution is 0.493. The number of benzene rings is 3. The number of hydrogen-bond acceptors (Lipinski definition) is 5. The van der Waals surface area contributed by atoms with Crippen molar-refractivity contribution < 1.29 is 8.78 Å². The Balaban J connectivity index is 1.68. The van der Waals surface area contributed by atoms with Crippen LogP contribution in [0.5, 0.6) is 0 Å². The maximum atomic E-state index is 14.6. The lowest BCUT2D eigenvalue weighted by Crippen LogP contribution is -2.44. The first kappa shape index (κ1) is 25.4. The Bertz CT molecular complexity index is 1690. The van der Waals surface area contributed by atoms with Gasteiger partial charge in [0.25, 0.3) is 5.56 Å². The van der Waals surface area contributed by atoms with Gasteiger partial charge in [-0.1, -0.05) is 66.7 Å². The molecule has 5 rings (SSSR count). The van der Waals surface area contributed by atoms with E-state index in [1.165, 1.54) is 22.0 Å². The molecule has 9 heteroatoms. The molecule has 0 saturated carbocycles. The summed E-state index contributed by atoms with van der Waals surface area (Å²) in [6.07, 6.45) is 0. The van der Waals surface area contributed by atoms with Crippen LogP contribution in [0.2, 0.25) is 0 Å². The molecule has 2 aromatic heterocycles. The quantitative estimate of drug-likeness (QED) is 0.316. The molecular weight excluding hydrogens is 506 g/mol. The minimum Gasteiger partial charge on any atom is -0.322 e. The first-order valence-corrected chi connectivity index (χ1v) is 12.8. The Morgan fingerprint density at radius 1 is 0.895 bits per heavy atom. The van der Waals surface area contributed by atoms with E-state index in [-0.39, 0.29) is 23.4 Å². The summed E-state index contributed by atoms with van der Waals surface area (Å²) in [6.45, 7) is 1.07. The summed E-state index contributed by atoms with van der Waals surface area (Å²) in [7, 11) is 0. The highest BCUT2D eigenvalue weighted by molar-refractivity contribution is 7.13. The third-order valence-electron chi connectivity index (χ3n) is 6.45. The van der Waals surface area contributed by atoms with Gasteiger partial charge < -0.3 is 5.73 Å². The van der Waals surface area contributed by atoms with Crippen molar-refractivity contribution in [1.29, 1.82) is 0 Å². The highest BCUT2D eigenvalue weighted by Gasteiger charge is 2.23. The molecule has 0 radical (unpaired) electrons. The van der Waals surface area contributed by atoms with Crippen LogP contribution in [0.4, 0.5) is 8.78 Å². The molecule has 3 aromatic carbocycles. The molecule has 0 spiro atoms. The molecule has 2 N–H and O–H groups in total. The molecule has 0 fully saturated rings. The first-order chi connectivity index (χ1) is 18.3. The second kappa shape index (κ2) is 10.6. The zero-order valence-corrected chi connectivity index (χ0v) is 21.3. The molecular formula is C29H24F2N4O2S. The molecule has 0 aliphatic rings. The topological polar surface area (TPSA) is 82.9 Å². The van der Waals surface area contributed by atoms with E-state index in [1.807, 2.05) is 60.7 Å². The lowest BCUT2D eigenvalue weighted by Gasteiger charge is -2.19. The molecule has 0 aliphatic carbocycles. The minimum absolute atomic E-state index is 0.121. The van der Waals surface area contributed by atoms with Gasteiger partial charge in [-0.3, -0.25) is 13.9 Å². The Hall–Kier alpha value is -4.21. The summed E-state index contributed by atoms with van der Waals surface area (Å²) in [4.78, 5) is 32.1. The van der Waals surface area contributed by atoms with Crippen LogP contribution in [0.1, 0.15) is 22.9 Å². The fourth-order valence-corrected chi connectivity index (χ4v) is 5.21. The van der Waals surface area contributed by atoms with Crippen molar-refractivity contribution in [2.75, 3.05) is 0 Å². The second-order valence-electron chi connectivity index (χ2n) is 8.87. The van der Waals surface area contributed by atoms with Gasteiger partial charge in [-0.25, -0.2) is 18.6 Å². The zero-order valence-electron chi connectivity index (χ0n) is 20.5. The Morgan fingerprint density at radius 3 is 2.18 bits per heavy atom. The highest BCUT2D eigenvalue weighted by Crippen LogP contribution is 2.29. The van der Waals surface area contributed by atoms with Crippen LogP contribution in [0.15, 0.2) is 93.8 Å². The second-order valence-corrected chi connectivity index (χ2v) is 9.72. The van der Waals surface area contributed by atoms with Crippen LogP contribution in [0.25, 0.3) is 21.8 Å². The fraction of sp³-hybridized carbons (Fsp3) is 0.138. The van der Waals surface area contributed by atoms with Crippen LogP contribution < -0.4 is 17.0 Å². The fourth-order valence-electron chi connectivity index (χ4n) is 4.39. The molecule has 0 saturated heterocycles. The summed E-state index contributed by atoms with van der Waals surface area (Å²) in [5.41, 5.74) is 7.29. The van der Waals surface area contributed by atoms with Crippen molar-refractivity contribution >= 4 is 11.3 Å². The average molecular weight is 531 g/mol. The third-order valence-corrected chi connectivity index (χ3v) is 7.34. The molecule has 0 amide bonds. The molecule has 192 valence electrons. The van der Waals surface area contributed by atoms with Crippen LogP contribution >= 0.6 is 11.3 Å². The van der Waals surface area contributed by atoms with Crippen LogP contribution in [-0.2, 0) is 13.1 Å². The standard InChI is InChI=1S/C29H24F2N4O2S/c1-18-26(25-17-38-27(33-25)20-11-6-3-7-12-20)28(36)35(16-24(32)19-9-4-2-5-10-19)29(37)34(18)15-21-22(30)13-8-14-23(21)31/h2-14,17,24H,15-16,32H2,1H3/t24-/m0/s1. The van der Waals surface area contributed by atoms with E-state index < -0.39 is 35.5 Å². The van der Waals surface area contributed by atoms with Gasteiger partial charge in [0.15, 0.2) is 0 Å². The van der Waals surface area contributed by atoms with Crippen molar-refractivity contribution in [3.05, 3.63) is 134 Å². The molecule has 0 aliphatic heterocycles. The summed E-state index contributed by atoms with van der Waals surface area (Å²) in [5, 5.41) is 2.44. The van der Waals surface area contributed by atoms with E-state index in [4.69, 9.17) is 5.73 Å². The molecule has 38 heavy (non-hydrogen) atoms. The van der Waals surface area contributed by atoms with Gasteiger partial charge in [0.1, 0.15) is 16.6 Å². The average Bonchev–Trinajstić information content (AvgIpc) is 3.41. The molecule has 1 atom stereocenters. The number of aromatic nitrogens is 3. The molecule has 0 bridgehead atoms. The lowest BCUT2D eigenvalue weighted by atomic mass is 10.1.